The lowest BCUT2D eigenvalue weighted by Gasteiger charge is -2.09. The van der Waals surface area contributed by atoms with Crippen LogP contribution >= 0.6 is 0 Å². The smallest absolute Gasteiger partial charge is 0.335 e. The lowest BCUT2D eigenvalue weighted by molar-refractivity contribution is 0.0697. The number of ether oxygens (including phenoxy) is 1. The summed E-state index contributed by atoms with van der Waals surface area (Å²) in [4.78, 5) is 15.3. The number of phenolic OH excluding ortho intramolecular Hbond substituents is 1. The molecule has 0 fully saturated rings. The summed E-state index contributed by atoms with van der Waals surface area (Å²) in [7, 11) is 0. The quantitative estimate of drug-likeness (QED) is 0.647. The van der Waals surface area contributed by atoms with Gasteiger partial charge in [-0.2, -0.15) is 0 Å². The second kappa shape index (κ2) is 7.98. The van der Waals surface area contributed by atoms with Gasteiger partial charge in [-0.3, -0.25) is 4.99 Å². The highest BCUT2D eigenvalue weighted by atomic mass is 16.5. The molecule has 0 atom stereocenters. The second-order valence-electron chi connectivity index (χ2n) is 5.60. The first kappa shape index (κ1) is 17.2. The third-order valence-electron chi connectivity index (χ3n) is 3.72. The van der Waals surface area contributed by atoms with Crippen LogP contribution in [0.25, 0.3) is 0 Å². The third-order valence-corrected chi connectivity index (χ3v) is 3.72. The molecular weight excluding hydrogens is 330 g/mol. The van der Waals surface area contributed by atoms with Crippen LogP contribution in [0.4, 0.5) is 5.69 Å². The highest BCUT2D eigenvalue weighted by Crippen LogP contribution is 2.20. The van der Waals surface area contributed by atoms with Gasteiger partial charge in [0.1, 0.15) is 18.1 Å². The molecule has 0 radical (unpaired) electrons. The minimum atomic E-state index is -0.951. The zero-order valence-corrected chi connectivity index (χ0v) is 13.9. The highest BCUT2D eigenvalue weighted by Gasteiger charge is 2.04. The van der Waals surface area contributed by atoms with Crippen molar-refractivity contribution in [1.29, 1.82) is 0 Å². The first-order chi connectivity index (χ1) is 12.6. The molecule has 0 aliphatic carbocycles. The summed E-state index contributed by atoms with van der Waals surface area (Å²) in [6.07, 6.45) is 1.70. The van der Waals surface area contributed by atoms with E-state index in [-0.39, 0.29) is 11.3 Å². The zero-order chi connectivity index (χ0) is 18.4. The van der Waals surface area contributed by atoms with Crippen molar-refractivity contribution < 1.29 is 19.7 Å². The molecule has 0 unspecified atom stereocenters. The van der Waals surface area contributed by atoms with Gasteiger partial charge in [0.25, 0.3) is 0 Å². The summed E-state index contributed by atoms with van der Waals surface area (Å²) >= 11 is 0. The Morgan fingerprint density at radius 3 is 2.35 bits per heavy atom. The number of carboxylic acids is 1. The van der Waals surface area contributed by atoms with Crippen LogP contribution in [0, 0.1) is 0 Å². The number of carbonyl (C=O) groups is 1. The first-order valence-corrected chi connectivity index (χ1v) is 7.99. The fourth-order valence-electron chi connectivity index (χ4n) is 2.31. The van der Waals surface area contributed by atoms with Crippen LogP contribution in [0.3, 0.4) is 0 Å². The molecule has 0 saturated carbocycles. The van der Waals surface area contributed by atoms with Crippen molar-refractivity contribution in [2.75, 3.05) is 0 Å². The zero-order valence-electron chi connectivity index (χ0n) is 13.9. The van der Waals surface area contributed by atoms with Crippen LogP contribution < -0.4 is 4.74 Å². The number of hydrogen-bond acceptors (Lipinski definition) is 4. The third kappa shape index (κ3) is 4.48. The Bertz CT molecular complexity index is 916. The summed E-state index contributed by atoms with van der Waals surface area (Å²) in [6, 6.07) is 20.7. The Labute approximate surface area is 150 Å². The average Bonchev–Trinajstić information content (AvgIpc) is 2.67. The standard InChI is InChI=1S/C21H17NO4/c23-19-11-9-18(10-12-19)22-13-17-3-1-2-4-20(17)26-14-15-5-7-16(8-6-15)21(24)25/h1-13,23H,14H2,(H,24,25). The predicted molar refractivity (Wildman–Crippen MR) is 99.5 cm³/mol. The molecule has 3 aromatic rings. The molecule has 3 rings (SSSR count). The lowest BCUT2D eigenvalue weighted by Crippen LogP contribution is -2.00. The van der Waals surface area contributed by atoms with Crippen LogP contribution in [-0.4, -0.2) is 22.4 Å². The summed E-state index contributed by atoms with van der Waals surface area (Å²) in [5.74, 6) is -0.0767. The summed E-state index contributed by atoms with van der Waals surface area (Å²) in [5.41, 5.74) is 2.67. The van der Waals surface area contributed by atoms with E-state index in [1.807, 2.05) is 24.3 Å². The van der Waals surface area contributed by atoms with Crippen LogP contribution in [0.2, 0.25) is 0 Å². The number of phenols is 1. The molecule has 0 aliphatic heterocycles. The number of aromatic carboxylic acids is 1. The molecule has 130 valence electrons. The predicted octanol–water partition coefficient (Wildman–Crippen LogP) is 4.42. The number of aliphatic imine (C=N–C) groups is 1. The van der Waals surface area contributed by atoms with Gasteiger partial charge in [0.2, 0.25) is 0 Å². The van der Waals surface area contributed by atoms with Crippen molar-refractivity contribution >= 4 is 17.9 Å². The molecule has 0 heterocycles. The molecule has 3 aromatic carbocycles. The molecule has 0 saturated heterocycles. The molecule has 2 N–H and O–H groups in total. The fourth-order valence-corrected chi connectivity index (χ4v) is 2.31. The van der Waals surface area contributed by atoms with Gasteiger partial charge in [-0.1, -0.05) is 24.3 Å². The van der Waals surface area contributed by atoms with E-state index in [1.165, 1.54) is 0 Å². The normalized spacial score (nSPS) is 10.8. The van der Waals surface area contributed by atoms with Crippen LogP contribution in [0.15, 0.2) is 77.8 Å². The molecule has 26 heavy (non-hydrogen) atoms. The number of benzene rings is 3. The Morgan fingerprint density at radius 1 is 0.962 bits per heavy atom. The van der Waals surface area contributed by atoms with E-state index in [0.717, 1.165) is 16.8 Å². The van der Waals surface area contributed by atoms with E-state index in [2.05, 4.69) is 4.99 Å². The van der Waals surface area contributed by atoms with E-state index in [0.29, 0.717) is 12.4 Å². The highest BCUT2D eigenvalue weighted by molar-refractivity contribution is 5.87. The SMILES string of the molecule is O=C(O)c1ccc(COc2ccccc2C=Nc2ccc(O)cc2)cc1. The van der Waals surface area contributed by atoms with E-state index in [9.17, 15) is 9.90 Å². The Morgan fingerprint density at radius 2 is 1.65 bits per heavy atom. The van der Waals surface area contributed by atoms with Gasteiger partial charge in [-0.05, 0) is 54.1 Å². The van der Waals surface area contributed by atoms with Crippen LogP contribution in [-0.2, 0) is 6.61 Å². The average molecular weight is 347 g/mol. The molecule has 0 bridgehead atoms. The first-order valence-electron chi connectivity index (χ1n) is 7.99. The maximum atomic E-state index is 10.9. The number of hydrogen-bond donors (Lipinski definition) is 2. The van der Waals surface area contributed by atoms with Crippen molar-refractivity contribution in [3.8, 4) is 11.5 Å². The van der Waals surface area contributed by atoms with E-state index >= 15 is 0 Å². The van der Waals surface area contributed by atoms with Crippen molar-refractivity contribution in [3.63, 3.8) is 0 Å². The van der Waals surface area contributed by atoms with E-state index in [4.69, 9.17) is 9.84 Å². The van der Waals surface area contributed by atoms with Crippen molar-refractivity contribution in [2.24, 2.45) is 4.99 Å². The van der Waals surface area contributed by atoms with Crippen molar-refractivity contribution in [3.05, 3.63) is 89.5 Å². The molecule has 0 amide bonds. The minimum absolute atomic E-state index is 0.196. The van der Waals surface area contributed by atoms with Gasteiger partial charge >= 0.3 is 5.97 Å². The van der Waals surface area contributed by atoms with Gasteiger partial charge in [-0.25, -0.2) is 4.79 Å². The maximum absolute atomic E-state index is 10.9. The Hall–Kier alpha value is -3.60. The Kier molecular flexibility index (Phi) is 5.29. The monoisotopic (exact) mass is 347 g/mol. The number of para-hydroxylation sites is 1. The fraction of sp³-hybridized carbons (Fsp3) is 0.0476. The molecular formula is C21H17NO4. The van der Waals surface area contributed by atoms with E-state index < -0.39 is 5.97 Å². The minimum Gasteiger partial charge on any atom is -0.508 e. The molecule has 0 aliphatic rings. The largest absolute Gasteiger partial charge is 0.508 e. The van der Waals surface area contributed by atoms with Crippen LogP contribution in [0.5, 0.6) is 11.5 Å². The van der Waals surface area contributed by atoms with Gasteiger partial charge in [0.15, 0.2) is 0 Å². The van der Waals surface area contributed by atoms with E-state index in [1.54, 1.807) is 54.7 Å². The molecule has 0 aromatic heterocycles. The maximum Gasteiger partial charge on any atom is 0.335 e. The summed E-state index contributed by atoms with van der Waals surface area (Å²) < 4.78 is 5.85. The topological polar surface area (TPSA) is 79.1 Å². The van der Waals surface area contributed by atoms with Crippen molar-refractivity contribution in [1.82, 2.24) is 0 Å². The Balaban J connectivity index is 1.70. The molecule has 5 heteroatoms. The second-order valence-corrected chi connectivity index (χ2v) is 5.60. The van der Waals surface area contributed by atoms with Gasteiger partial charge in [0, 0.05) is 11.8 Å². The number of carboxylic acid groups (broad SMARTS) is 1. The summed E-state index contributed by atoms with van der Waals surface area (Å²) in [5, 5.41) is 18.2. The van der Waals surface area contributed by atoms with Gasteiger partial charge in [0.05, 0.1) is 11.3 Å². The molecule has 0 spiro atoms. The molecule has 5 nitrogen and oxygen atoms in total. The summed E-state index contributed by atoms with van der Waals surface area (Å²) in [6.45, 7) is 0.323. The number of nitrogens with zero attached hydrogens (tertiary/aromatic N) is 1. The lowest BCUT2D eigenvalue weighted by atomic mass is 10.1. The van der Waals surface area contributed by atoms with Crippen molar-refractivity contribution in [2.45, 2.75) is 6.61 Å². The van der Waals surface area contributed by atoms with Gasteiger partial charge < -0.3 is 14.9 Å². The number of aromatic hydroxyl groups is 1. The van der Waals surface area contributed by atoms with Gasteiger partial charge in [-0.15, -0.1) is 0 Å². The number of rotatable bonds is 6. The van der Waals surface area contributed by atoms with Crippen LogP contribution in [0.1, 0.15) is 21.5 Å².